The number of hydrogen-bond donors (Lipinski definition) is 2. The number of nitrogens with one attached hydrogen (secondary N) is 2. The van der Waals surface area contributed by atoms with Gasteiger partial charge in [0, 0.05) is 63.0 Å². The van der Waals surface area contributed by atoms with E-state index in [4.69, 9.17) is 14.2 Å². The first-order valence-corrected chi connectivity index (χ1v) is 14.1. The average Bonchev–Trinajstić information content (AvgIpc) is 2.92. The van der Waals surface area contributed by atoms with E-state index in [9.17, 15) is 9.18 Å². The zero-order chi connectivity index (χ0) is 29.4. The van der Waals surface area contributed by atoms with Gasteiger partial charge in [-0.15, -0.1) is 0 Å². The minimum Gasteiger partial charge on any atom is -0.493 e. The lowest BCUT2D eigenvalue weighted by molar-refractivity contribution is 0.145. The van der Waals surface area contributed by atoms with Gasteiger partial charge in [0.25, 0.3) is 0 Å². The van der Waals surface area contributed by atoms with Crippen LogP contribution in [-0.2, 0) is 0 Å². The first kappa shape index (κ1) is 30.3. The fourth-order valence-corrected chi connectivity index (χ4v) is 4.54. The van der Waals surface area contributed by atoms with Crippen LogP contribution < -0.4 is 24.8 Å². The summed E-state index contributed by atoms with van der Waals surface area (Å²) in [5.74, 6) is 1.37. The van der Waals surface area contributed by atoms with E-state index < -0.39 is 11.8 Å². The van der Waals surface area contributed by atoms with E-state index in [0.717, 1.165) is 45.6 Å². The maximum Gasteiger partial charge on any atom is 0.319 e. The lowest BCUT2D eigenvalue weighted by Gasteiger charge is -2.32. The number of anilines is 1. The molecule has 0 saturated carbocycles. The van der Waals surface area contributed by atoms with Crippen LogP contribution in [0.5, 0.6) is 23.0 Å². The third-order valence-electron chi connectivity index (χ3n) is 7.04. The molecule has 222 valence electrons. The van der Waals surface area contributed by atoms with Gasteiger partial charge in [-0.05, 0) is 49.6 Å². The van der Waals surface area contributed by atoms with Crippen LogP contribution in [0.4, 0.5) is 14.9 Å². The highest BCUT2D eigenvalue weighted by atomic mass is 19.1. The number of methoxy groups -OCH3 is 1. The molecule has 1 saturated heterocycles. The van der Waals surface area contributed by atoms with Crippen LogP contribution in [0.1, 0.15) is 33.6 Å². The standard InChI is InChI=1S/C31H42FN5O4/c1-31(2,3)10-12-34-30(38)35-25-8-7-22(19-24(25)32)41-27-9-11-33-26-21-29(28(39-5)20-23(26)27)40-18-6-13-37-16-14-36(4)15-17-37/h7-9,11,19-21H,6,10,12-18H2,1-5H3,(H2,34,35,38). The van der Waals surface area contributed by atoms with Crippen molar-refractivity contribution in [3.8, 4) is 23.0 Å². The van der Waals surface area contributed by atoms with Crippen LogP contribution in [0.25, 0.3) is 10.9 Å². The fraction of sp³-hybridized carbons (Fsp3) is 0.484. The Morgan fingerprint density at radius 1 is 1.05 bits per heavy atom. The Balaban J connectivity index is 1.38. The molecule has 0 unspecified atom stereocenters. The van der Waals surface area contributed by atoms with Crippen molar-refractivity contribution in [2.45, 2.75) is 33.6 Å². The van der Waals surface area contributed by atoms with E-state index in [0.29, 0.717) is 41.3 Å². The van der Waals surface area contributed by atoms with Gasteiger partial charge < -0.3 is 34.6 Å². The number of piperazine rings is 1. The van der Waals surface area contributed by atoms with E-state index in [1.54, 1.807) is 25.4 Å². The third-order valence-corrected chi connectivity index (χ3v) is 7.04. The smallest absolute Gasteiger partial charge is 0.319 e. The van der Waals surface area contributed by atoms with Gasteiger partial charge in [-0.1, -0.05) is 20.8 Å². The summed E-state index contributed by atoms with van der Waals surface area (Å²) in [6.45, 7) is 12.7. The number of ether oxygens (including phenoxy) is 3. The van der Waals surface area contributed by atoms with Gasteiger partial charge >= 0.3 is 6.03 Å². The number of urea groups is 1. The summed E-state index contributed by atoms with van der Waals surface area (Å²) < 4.78 is 32.5. The molecule has 1 aliphatic rings. The molecule has 10 heteroatoms. The molecule has 0 spiro atoms. The summed E-state index contributed by atoms with van der Waals surface area (Å²) in [4.78, 5) is 21.5. The van der Waals surface area contributed by atoms with Crippen LogP contribution in [0, 0.1) is 11.2 Å². The molecule has 3 aromatic rings. The molecule has 2 heterocycles. The molecule has 41 heavy (non-hydrogen) atoms. The highest BCUT2D eigenvalue weighted by molar-refractivity contribution is 5.90. The molecule has 9 nitrogen and oxygen atoms in total. The summed E-state index contributed by atoms with van der Waals surface area (Å²) in [6, 6.07) is 9.24. The summed E-state index contributed by atoms with van der Waals surface area (Å²) in [5.41, 5.74) is 0.835. The first-order chi connectivity index (χ1) is 19.6. The third kappa shape index (κ3) is 8.93. The van der Waals surface area contributed by atoms with Gasteiger partial charge in [-0.2, -0.15) is 0 Å². The number of rotatable bonds is 11. The Morgan fingerprint density at radius 2 is 1.83 bits per heavy atom. The van der Waals surface area contributed by atoms with Crippen molar-refractivity contribution in [2.24, 2.45) is 5.41 Å². The van der Waals surface area contributed by atoms with Gasteiger partial charge in [0.05, 0.1) is 24.9 Å². The molecule has 0 bridgehead atoms. The number of nitrogens with zero attached hydrogens (tertiary/aromatic N) is 3. The highest BCUT2D eigenvalue weighted by Crippen LogP contribution is 2.37. The Kier molecular flexibility index (Phi) is 10.2. The number of hydrogen-bond acceptors (Lipinski definition) is 7. The lowest BCUT2D eigenvalue weighted by Crippen LogP contribution is -2.44. The quantitative estimate of drug-likeness (QED) is 0.285. The molecule has 0 atom stereocenters. The van der Waals surface area contributed by atoms with Crippen molar-refractivity contribution in [1.82, 2.24) is 20.1 Å². The summed E-state index contributed by atoms with van der Waals surface area (Å²) in [6.07, 6.45) is 3.36. The van der Waals surface area contributed by atoms with Crippen molar-refractivity contribution >= 4 is 22.6 Å². The van der Waals surface area contributed by atoms with Crippen molar-refractivity contribution in [3.63, 3.8) is 0 Å². The van der Waals surface area contributed by atoms with E-state index in [1.165, 1.54) is 12.1 Å². The summed E-state index contributed by atoms with van der Waals surface area (Å²) >= 11 is 0. The molecule has 2 N–H and O–H groups in total. The second-order valence-electron chi connectivity index (χ2n) is 11.6. The van der Waals surface area contributed by atoms with Gasteiger partial charge in [0.15, 0.2) is 11.5 Å². The minimum absolute atomic E-state index is 0.0706. The van der Waals surface area contributed by atoms with Crippen LogP contribution >= 0.6 is 0 Å². The molecule has 4 rings (SSSR count). The van der Waals surface area contributed by atoms with E-state index in [2.05, 4.69) is 53.2 Å². The number of likely N-dealkylation sites (N-methyl/N-ethyl adjacent to an activating group) is 1. The maximum atomic E-state index is 14.8. The number of carbonyl (C=O) groups is 1. The second kappa shape index (κ2) is 13.8. The van der Waals surface area contributed by atoms with Crippen molar-refractivity contribution in [2.75, 3.05) is 65.3 Å². The number of fused-ring (bicyclic) bond motifs is 1. The molecule has 1 fully saturated rings. The van der Waals surface area contributed by atoms with Gasteiger partial charge in [-0.25, -0.2) is 9.18 Å². The molecular weight excluding hydrogens is 525 g/mol. The van der Waals surface area contributed by atoms with Gasteiger partial charge in [0.2, 0.25) is 0 Å². The SMILES string of the molecule is COc1cc2c(Oc3ccc(NC(=O)NCCC(C)(C)C)c(F)c3)ccnc2cc1OCCCN1CCN(C)CC1. The molecule has 1 aromatic heterocycles. The second-order valence-corrected chi connectivity index (χ2v) is 11.6. The molecule has 1 aliphatic heterocycles. The average molecular weight is 568 g/mol. The van der Waals surface area contributed by atoms with Crippen LogP contribution in [0.2, 0.25) is 0 Å². The molecule has 0 aliphatic carbocycles. The first-order valence-electron chi connectivity index (χ1n) is 14.1. The highest BCUT2D eigenvalue weighted by Gasteiger charge is 2.16. The van der Waals surface area contributed by atoms with Gasteiger partial charge in [0.1, 0.15) is 17.3 Å². The summed E-state index contributed by atoms with van der Waals surface area (Å²) in [5, 5.41) is 6.01. The number of pyridine rings is 1. The van der Waals surface area contributed by atoms with E-state index >= 15 is 0 Å². The fourth-order valence-electron chi connectivity index (χ4n) is 4.54. The predicted octanol–water partition coefficient (Wildman–Crippen LogP) is 5.75. The van der Waals surface area contributed by atoms with Crippen molar-refractivity contribution < 1.29 is 23.4 Å². The van der Waals surface area contributed by atoms with E-state index in [1.807, 2.05) is 12.1 Å². The number of amides is 2. The summed E-state index contributed by atoms with van der Waals surface area (Å²) in [7, 11) is 3.75. The van der Waals surface area contributed by atoms with Crippen LogP contribution in [-0.4, -0.2) is 80.8 Å². The monoisotopic (exact) mass is 567 g/mol. The Bertz CT molecular complexity index is 1320. The van der Waals surface area contributed by atoms with Gasteiger partial charge in [-0.3, -0.25) is 4.98 Å². The van der Waals surface area contributed by atoms with E-state index in [-0.39, 0.29) is 16.9 Å². The number of carbonyl (C=O) groups excluding carboxylic acids is 1. The molecule has 0 radical (unpaired) electrons. The number of aromatic nitrogens is 1. The number of benzene rings is 2. The molecular formula is C31H42FN5O4. The Hall–Kier alpha value is -3.63. The molecule has 2 amide bonds. The Labute approximate surface area is 242 Å². The maximum absolute atomic E-state index is 14.8. The predicted molar refractivity (Wildman–Crippen MR) is 160 cm³/mol. The van der Waals surface area contributed by atoms with Crippen molar-refractivity contribution in [1.29, 1.82) is 0 Å². The normalized spacial score (nSPS) is 14.6. The zero-order valence-corrected chi connectivity index (χ0v) is 24.8. The van der Waals surface area contributed by atoms with Crippen LogP contribution in [0.3, 0.4) is 0 Å². The van der Waals surface area contributed by atoms with Crippen LogP contribution in [0.15, 0.2) is 42.6 Å². The lowest BCUT2D eigenvalue weighted by atomic mass is 9.92. The Morgan fingerprint density at radius 3 is 2.54 bits per heavy atom. The number of halogens is 1. The van der Waals surface area contributed by atoms with Crippen molar-refractivity contribution in [3.05, 3.63) is 48.4 Å². The minimum atomic E-state index is -0.600. The zero-order valence-electron chi connectivity index (χ0n) is 24.8. The largest absolute Gasteiger partial charge is 0.493 e. The molecule has 2 aromatic carbocycles. The topological polar surface area (TPSA) is 88.2 Å².